The first-order valence-electron chi connectivity index (χ1n) is 13.3. The summed E-state index contributed by atoms with van der Waals surface area (Å²) in [6.07, 6.45) is 31.6. The maximum absolute atomic E-state index is 5.85. The highest BCUT2D eigenvalue weighted by Crippen LogP contribution is 2.14. The summed E-state index contributed by atoms with van der Waals surface area (Å²) in [7, 11) is 0. The van der Waals surface area contributed by atoms with Crippen molar-refractivity contribution in [1.29, 1.82) is 0 Å². The van der Waals surface area contributed by atoms with Gasteiger partial charge in [-0.1, -0.05) is 142 Å². The molecule has 28 heavy (non-hydrogen) atoms. The molecule has 2 heteroatoms. The van der Waals surface area contributed by atoms with Crippen molar-refractivity contribution in [3.8, 4) is 0 Å². The first-order valence-corrected chi connectivity index (χ1v) is 13.3. The highest BCUT2D eigenvalue weighted by Gasteiger charge is 1.97. The average molecular weight is 397 g/mol. The topological polar surface area (TPSA) is 38.0 Å². The number of nitrogens with two attached hydrogens (primary N) is 1. The molecule has 0 aromatic carbocycles. The maximum Gasteiger partial charge on any atom is 0.0543 e. The van der Waals surface area contributed by atoms with Gasteiger partial charge in [0.05, 0.1) is 6.17 Å². The summed E-state index contributed by atoms with van der Waals surface area (Å²) in [4.78, 5) is 0. The van der Waals surface area contributed by atoms with Crippen LogP contribution in [-0.4, -0.2) is 12.7 Å². The van der Waals surface area contributed by atoms with Crippen molar-refractivity contribution < 1.29 is 0 Å². The molecule has 0 amide bonds. The van der Waals surface area contributed by atoms with Gasteiger partial charge in [0.1, 0.15) is 0 Å². The van der Waals surface area contributed by atoms with Crippen LogP contribution < -0.4 is 11.1 Å². The van der Waals surface area contributed by atoms with Gasteiger partial charge in [-0.15, -0.1) is 0 Å². The Morgan fingerprint density at radius 1 is 0.464 bits per heavy atom. The second-order valence-corrected chi connectivity index (χ2v) is 9.04. The van der Waals surface area contributed by atoms with Crippen LogP contribution in [0.2, 0.25) is 0 Å². The fourth-order valence-corrected chi connectivity index (χ4v) is 3.99. The molecule has 0 heterocycles. The molecule has 0 fully saturated rings. The molecule has 3 N–H and O–H groups in total. The molecule has 0 aliphatic rings. The van der Waals surface area contributed by atoms with Crippen LogP contribution in [0.1, 0.15) is 155 Å². The number of unbranched alkanes of at least 4 members (excludes halogenated alkanes) is 20. The molecule has 0 radical (unpaired) electrons. The molecule has 0 saturated carbocycles. The highest BCUT2D eigenvalue weighted by atomic mass is 15.0. The van der Waals surface area contributed by atoms with E-state index in [9.17, 15) is 0 Å². The Morgan fingerprint density at radius 3 is 1.04 bits per heavy atom. The van der Waals surface area contributed by atoms with Crippen LogP contribution in [0.5, 0.6) is 0 Å². The van der Waals surface area contributed by atoms with E-state index < -0.39 is 0 Å². The minimum Gasteiger partial charge on any atom is -0.316 e. The third-order valence-corrected chi connectivity index (χ3v) is 6.13. The second-order valence-electron chi connectivity index (χ2n) is 9.04. The van der Waals surface area contributed by atoms with Crippen LogP contribution in [0, 0.1) is 0 Å². The molecule has 0 rings (SSSR count). The van der Waals surface area contributed by atoms with Gasteiger partial charge in [0.15, 0.2) is 0 Å². The van der Waals surface area contributed by atoms with Gasteiger partial charge in [-0.05, 0) is 19.4 Å². The van der Waals surface area contributed by atoms with Gasteiger partial charge in [-0.3, -0.25) is 0 Å². The first kappa shape index (κ1) is 27.9. The normalized spacial score (nSPS) is 12.5. The van der Waals surface area contributed by atoms with Crippen molar-refractivity contribution in [1.82, 2.24) is 5.32 Å². The lowest BCUT2D eigenvalue weighted by molar-refractivity contribution is 0.485. The summed E-state index contributed by atoms with van der Waals surface area (Å²) in [6.45, 7) is 5.53. The van der Waals surface area contributed by atoms with Crippen LogP contribution in [0.3, 0.4) is 0 Å². The van der Waals surface area contributed by atoms with Gasteiger partial charge in [0.25, 0.3) is 0 Å². The molecule has 0 aliphatic carbocycles. The van der Waals surface area contributed by atoms with Crippen molar-refractivity contribution in [2.75, 3.05) is 6.54 Å². The molecule has 0 saturated heterocycles. The molecule has 0 aliphatic heterocycles. The van der Waals surface area contributed by atoms with Gasteiger partial charge >= 0.3 is 0 Å². The zero-order valence-corrected chi connectivity index (χ0v) is 19.9. The van der Waals surface area contributed by atoms with Crippen LogP contribution >= 0.6 is 0 Å². The minimum atomic E-state index is 0.199. The van der Waals surface area contributed by atoms with E-state index in [0.29, 0.717) is 0 Å². The van der Waals surface area contributed by atoms with E-state index >= 15 is 0 Å². The predicted molar refractivity (Wildman–Crippen MR) is 129 cm³/mol. The van der Waals surface area contributed by atoms with Gasteiger partial charge in [-0.2, -0.15) is 0 Å². The largest absolute Gasteiger partial charge is 0.316 e. The lowest BCUT2D eigenvalue weighted by atomic mass is 10.0. The summed E-state index contributed by atoms with van der Waals surface area (Å²) in [6, 6.07) is 0. The summed E-state index contributed by atoms with van der Waals surface area (Å²) in [5.41, 5.74) is 5.85. The van der Waals surface area contributed by atoms with Crippen molar-refractivity contribution in [3.05, 3.63) is 0 Å². The Labute approximate surface area is 179 Å². The Hall–Kier alpha value is -0.0800. The van der Waals surface area contributed by atoms with Crippen LogP contribution in [0.15, 0.2) is 0 Å². The number of hydrogen-bond acceptors (Lipinski definition) is 2. The molecule has 1 unspecified atom stereocenters. The zero-order valence-electron chi connectivity index (χ0n) is 19.9. The van der Waals surface area contributed by atoms with Crippen LogP contribution in [-0.2, 0) is 0 Å². The van der Waals surface area contributed by atoms with Crippen molar-refractivity contribution in [2.24, 2.45) is 5.73 Å². The van der Waals surface area contributed by atoms with E-state index in [2.05, 4.69) is 19.2 Å². The van der Waals surface area contributed by atoms with E-state index in [1.54, 1.807) is 0 Å². The van der Waals surface area contributed by atoms with E-state index in [4.69, 9.17) is 5.73 Å². The quantitative estimate of drug-likeness (QED) is 0.127. The second kappa shape index (κ2) is 25.0. The summed E-state index contributed by atoms with van der Waals surface area (Å²) < 4.78 is 0. The lowest BCUT2D eigenvalue weighted by Gasteiger charge is -2.10. The molecule has 0 bridgehead atoms. The average Bonchev–Trinajstić information content (AvgIpc) is 2.71. The number of nitrogens with one attached hydrogen (secondary N) is 1. The first-order chi connectivity index (χ1) is 13.8. The molecule has 0 spiro atoms. The van der Waals surface area contributed by atoms with Crippen LogP contribution in [0.25, 0.3) is 0 Å². The van der Waals surface area contributed by atoms with E-state index in [1.807, 2.05) is 0 Å². The Kier molecular flexibility index (Phi) is 24.9. The summed E-state index contributed by atoms with van der Waals surface area (Å²) in [5.74, 6) is 0. The highest BCUT2D eigenvalue weighted by molar-refractivity contribution is 4.56. The van der Waals surface area contributed by atoms with Gasteiger partial charge in [0.2, 0.25) is 0 Å². The monoisotopic (exact) mass is 396 g/mol. The number of rotatable bonds is 24. The fraction of sp³-hybridized carbons (Fsp3) is 1.00. The minimum absolute atomic E-state index is 0.199. The standard InChI is InChI=1S/C26H56N2/c1-3-5-6-7-8-9-10-11-12-13-14-15-16-17-18-19-20-21-22-23-24-25-28-26(27)4-2/h26,28H,3-25,27H2,1-2H3. The Morgan fingerprint density at radius 2 is 0.750 bits per heavy atom. The van der Waals surface area contributed by atoms with E-state index in [0.717, 1.165) is 13.0 Å². The van der Waals surface area contributed by atoms with Gasteiger partial charge in [0, 0.05) is 0 Å². The fourth-order valence-electron chi connectivity index (χ4n) is 3.99. The Balaban J connectivity index is 3.00. The predicted octanol–water partition coefficient (Wildman–Crippen LogP) is 8.48. The zero-order chi connectivity index (χ0) is 20.5. The Bertz CT molecular complexity index is 267. The van der Waals surface area contributed by atoms with Crippen molar-refractivity contribution in [2.45, 2.75) is 161 Å². The summed E-state index contributed by atoms with van der Waals surface area (Å²) >= 11 is 0. The maximum atomic E-state index is 5.85. The molecular weight excluding hydrogens is 340 g/mol. The molecule has 0 aromatic rings. The van der Waals surface area contributed by atoms with E-state index in [-0.39, 0.29) is 6.17 Å². The van der Waals surface area contributed by atoms with Crippen LogP contribution in [0.4, 0.5) is 0 Å². The molecular formula is C26H56N2. The number of hydrogen-bond donors (Lipinski definition) is 2. The summed E-state index contributed by atoms with van der Waals surface area (Å²) in [5, 5.41) is 3.37. The lowest BCUT2D eigenvalue weighted by Crippen LogP contribution is -2.37. The molecule has 1 atom stereocenters. The van der Waals surface area contributed by atoms with Crippen molar-refractivity contribution >= 4 is 0 Å². The molecule has 170 valence electrons. The molecule has 2 nitrogen and oxygen atoms in total. The third-order valence-electron chi connectivity index (χ3n) is 6.13. The van der Waals surface area contributed by atoms with Crippen molar-refractivity contribution in [3.63, 3.8) is 0 Å². The van der Waals surface area contributed by atoms with Gasteiger partial charge < -0.3 is 11.1 Å². The third kappa shape index (κ3) is 24.0. The van der Waals surface area contributed by atoms with Gasteiger partial charge in [-0.25, -0.2) is 0 Å². The smallest absolute Gasteiger partial charge is 0.0543 e. The molecule has 0 aromatic heterocycles. The SMILES string of the molecule is CCCCCCCCCCCCCCCCCCCCCCCNC(N)CC. The van der Waals surface area contributed by atoms with E-state index in [1.165, 1.54) is 135 Å².